The number of halogens is 1. The molecule has 0 fully saturated rings. The van der Waals surface area contributed by atoms with Crippen molar-refractivity contribution in [3.8, 4) is 0 Å². The van der Waals surface area contributed by atoms with Crippen molar-refractivity contribution in [3.05, 3.63) is 58.6 Å². The van der Waals surface area contributed by atoms with Crippen LogP contribution in [0.25, 0.3) is 0 Å². The van der Waals surface area contributed by atoms with Crippen molar-refractivity contribution < 1.29 is 0 Å². The highest BCUT2D eigenvalue weighted by molar-refractivity contribution is 6.31. The first-order chi connectivity index (χ1) is 9.15. The van der Waals surface area contributed by atoms with E-state index in [0.29, 0.717) is 6.04 Å². The third kappa shape index (κ3) is 4.30. The van der Waals surface area contributed by atoms with Gasteiger partial charge in [0.1, 0.15) is 5.82 Å². The van der Waals surface area contributed by atoms with Gasteiger partial charge in [-0.25, -0.2) is 9.97 Å². The second kappa shape index (κ2) is 6.64. The van der Waals surface area contributed by atoms with E-state index in [9.17, 15) is 0 Å². The van der Waals surface area contributed by atoms with Gasteiger partial charge in [-0.05, 0) is 38.0 Å². The molecule has 0 aliphatic carbocycles. The molecular formula is C15H18ClN3. The number of hydrogen-bond donors (Lipinski definition) is 1. The van der Waals surface area contributed by atoms with E-state index in [4.69, 9.17) is 11.6 Å². The summed E-state index contributed by atoms with van der Waals surface area (Å²) in [5.41, 5.74) is 2.18. The van der Waals surface area contributed by atoms with Gasteiger partial charge in [-0.15, -0.1) is 0 Å². The summed E-state index contributed by atoms with van der Waals surface area (Å²) in [7, 11) is 0. The number of rotatable bonds is 5. The molecule has 1 aromatic carbocycles. The van der Waals surface area contributed by atoms with Gasteiger partial charge in [0.2, 0.25) is 0 Å². The lowest BCUT2D eigenvalue weighted by Gasteiger charge is -2.14. The van der Waals surface area contributed by atoms with Crippen molar-refractivity contribution in [1.82, 2.24) is 15.3 Å². The molecule has 0 aliphatic rings. The molecule has 1 heterocycles. The van der Waals surface area contributed by atoms with Gasteiger partial charge in [-0.1, -0.05) is 29.8 Å². The molecule has 0 aliphatic heterocycles. The fraction of sp³-hybridized carbons (Fsp3) is 0.333. The molecule has 0 amide bonds. The van der Waals surface area contributed by atoms with Crippen LogP contribution in [0, 0.1) is 6.92 Å². The first-order valence-electron chi connectivity index (χ1n) is 6.40. The van der Waals surface area contributed by atoms with Crippen LogP contribution in [0.4, 0.5) is 0 Å². The van der Waals surface area contributed by atoms with Gasteiger partial charge in [-0.3, -0.25) is 0 Å². The van der Waals surface area contributed by atoms with E-state index in [1.807, 2.05) is 31.2 Å². The predicted molar refractivity (Wildman–Crippen MR) is 78.2 cm³/mol. The van der Waals surface area contributed by atoms with Gasteiger partial charge >= 0.3 is 0 Å². The van der Waals surface area contributed by atoms with E-state index in [2.05, 4.69) is 28.3 Å². The van der Waals surface area contributed by atoms with Crippen LogP contribution in [0.3, 0.4) is 0 Å². The molecule has 19 heavy (non-hydrogen) atoms. The van der Waals surface area contributed by atoms with Crippen LogP contribution >= 0.6 is 11.6 Å². The molecule has 1 atom stereocenters. The zero-order valence-electron chi connectivity index (χ0n) is 11.2. The van der Waals surface area contributed by atoms with Crippen LogP contribution in [0.1, 0.15) is 24.0 Å². The van der Waals surface area contributed by atoms with Crippen molar-refractivity contribution in [2.75, 3.05) is 0 Å². The largest absolute Gasteiger partial charge is 0.308 e. The molecule has 2 aromatic rings. The van der Waals surface area contributed by atoms with Gasteiger partial charge < -0.3 is 5.32 Å². The lowest BCUT2D eigenvalue weighted by molar-refractivity contribution is 0.539. The first kappa shape index (κ1) is 14.0. The minimum absolute atomic E-state index is 0.343. The van der Waals surface area contributed by atoms with Crippen molar-refractivity contribution in [2.45, 2.75) is 32.9 Å². The lowest BCUT2D eigenvalue weighted by Crippen LogP contribution is -2.28. The Balaban J connectivity index is 1.88. The highest BCUT2D eigenvalue weighted by Gasteiger charge is 2.06. The van der Waals surface area contributed by atoms with Crippen LogP contribution in [0.2, 0.25) is 5.02 Å². The molecule has 2 rings (SSSR count). The molecule has 1 unspecified atom stereocenters. The zero-order valence-corrected chi connectivity index (χ0v) is 12.0. The van der Waals surface area contributed by atoms with Crippen LogP contribution in [-0.2, 0) is 13.0 Å². The average Bonchev–Trinajstić information content (AvgIpc) is 2.39. The molecule has 0 saturated heterocycles. The van der Waals surface area contributed by atoms with Crippen LogP contribution in [0.15, 0.2) is 36.5 Å². The number of benzene rings is 1. The molecule has 0 radical (unpaired) electrons. The number of aromatic nitrogens is 2. The van der Waals surface area contributed by atoms with Crippen molar-refractivity contribution >= 4 is 11.6 Å². The van der Waals surface area contributed by atoms with Gasteiger partial charge in [0.15, 0.2) is 0 Å². The minimum Gasteiger partial charge on any atom is -0.308 e. The molecule has 0 saturated carbocycles. The van der Waals surface area contributed by atoms with E-state index in [1.54, 1.807) is 6.20 Å². The smallest absolute Gasteiger partial charge is 0.125 e. The summed E-state index contributed by atoms with van der Waals surface area (Å²) >= 11 is 6.16. The molecule has 0 bridgehead atoms. The normalized spacial score (nSPS) is 12.4. The van der Waals surface area contributed by atoms with Crippen molar-refractivity contribution in [2.24, 2.45) is 0 Å². The summed E-state index contributed by atoms with van der Waals surface area (Å²) in [6.07, 6.45) is 2.70. The summed E-state index contributed by atoms with van der Waals surface area (Å²) in [5.74, 6) is 0.804. The van der Waals surface area contributed by atoms with Gasteiger partial charge in [0.05, 0.1) is 5.69 Å². The van der Waals surface area contributed by atoms with E-state index >= 15 is 0 Å². The third-order valence-electron chi connectivity index (χ3n) is 2.95. The van der Waals surface area contributed by atoms with E-state index in [1.165, 1.54) is 5.56 Å². The first-order valence-corrected chi connectivity index (χ1v) is 6.78. The molecular weight excluding hydrogens is 258 g/mol. The third-order valence-corrected chi connectivity index (χ3v) is 3.32. The van der Waals surface area contributed by atoms with Gasteiger partial charge in [-0.2, -0.15) is 0 Å². The Morgan fingerprint density at radius 1 is 1.26 bits per heavy atom. The van der Waals surface area contributed by atoms with Crippen LogP contribution in [-0.4, -0.2) is 16.0 Å². The maximum Gasteiger partial charge on any atom is 0.125 e. The minimum atomic E-state index is 0.343. The monoisotopic (exact) mass is 275 g/mol. The molecule has 4 heteroatoms. The number of nitrogens with one attached hydrogen (secondary N) is 1. The quantitative estimate of drug-likeness (QED) is 0.911. The predicted octanol–water partition coefficient (Wildman–Crippen LogP) is 3.16. The number of aryl methyl sites for hydroxylation is 1. The Morgan fingerprint density at radius 2 is 2.05 bits per heavy atom. The van der Waals surface area contributed by atoms with E-state index in [0.717, 1.165) is 29.5 Å². The molecule has 100 valence electrons. The fourth-order valence-electron chi connectivity index (χ4n) is 1.95. The maximum atomic E-state index is 6.16. The van der Waals surface area contributed by atoms with E-state index < -0.39 is 0 Å². The Kier molecular flexibility index (Phi) is 4.88. The molecule has 1 N–H and O–H groups in total. The van der Waals surface area contributed by atoms with Crippen LogP contribution in [0.5, 0.6) is 0 Å². The summed E-state index contributed by atoms with van der Waals surface area (Å²) in [5, 5.41) is 4.28. The Bertz CT molecular complexity index is 542. The molecule has 1 aromatic heterocycles. The highest BCUT2D eigenvalue weighted by atomic mass is 35.5. The second-order valence-corrected chi connectivity index (χ2v) is 5.08. The SMILES string of the molecule is Cc1nccc(CNC(C)Cc2ccccc2Cl)n1. The number of nitrogens with zero attached hydrogens (tertiary/aromatic N) is 2. The maximum absolute atomic E-state index is 6.16. The second-order valence-electron chi connectivity index (χ2n) is 4.67. The van der Waals surface area contributed by atoms with Crippen molar-refractivity contribution in [3.63, 3.8) is 0 Å². The molecule has 0 spiro atoms. The Labute approximate surface area is 119 Å². The summed E-state index contributed by atoms with van der Waals surface area (Å²) in [4.78, 5) is 8.46. The zero-order chi connectivity index (χ0) is 13.7. The highest BCUT2D eigenvalue weighted by Crippen LogP contribution is 2.16. The van der Waals surface area contributed by atoms with Crippen molar-refractivity contribution in [1.29, 1.82) is 0 Å². The van der Waals surface area contributed by atoms with Crippen LogP contribution < -0.4 is 5.32 Å². The summed E-state index contributed by atoms with van der Waals surface area (Å²) in [6.45, 7) is 4.79. The average molecular weight is 276 g/mol. The van der Waals surface area contributed by atoms with E-state index in [-0.39, 0.29) is 0 Å². The van der Waals surface area contributed by atoms with Gasteiger partial charge in [0.25, 0.3) is 0 Å². The topological polar surface area (TPSA) is 37.8 Å². The Hall–Kier alpha value is -1.45. The fourth-order valence-corrected chi connectivity index (χ4v) is 2.16. The van der Waals surface area contributed by atoms with Gasteiger partial charge in [0, 0.05) is 23.8 Å². The summed E-state index contributed by atoms with van der Waals surface area (Å²) < 4.78 is 0. The molecule has 3 nitrogen and oxygen atoms in total. The lowest BCUT2D eigenvalue weighted by atomic mass is 10.1. The standard InChI is InChI=1S/C15H18ClN3/c1-11(9-13-5-3-4-6-15(13)16)18-10-14-7-8-17-12(2)19-14/h3-8,11,18H,9-10H2,1-2H3. The Morgan fingerprint density at radius 3 is 2.79 bits per heavy atom. The summed E-state index contributed by atoms with van der Waals surface area (Å²) in [6, 6.07) is 10.2. The number of hydrogen-bond acceptors (Lipinski definition) is 3.